The van der Waals surface area contributed by atoms with Crippen LogP contribution in [0, 0.1) is 5.82 Å². The summed E-state index contributed by atoms with van der Waals surface area (Å²) in [6.45, 7) is 1.86. The van der Waals surface area contributed by atoms with Crippen molar-refractivity contribution in [2.24, 2.45) is 0 Å². The minimum Gasteiger partial charge on any atom is -0.483 e. The molecular formula is C24H20FN3O3. The highest BCUT2D eigenvalue weighted by Crippen LogP contribution is 2.22. The molecule has 3 aromatic carbocycles. The first-order chi connectivity index (χ1) is 15.1. The summed E-state index contributed by atoms with van der Waals surface area (Å²) in [7, 11) is 0. The summed E-state index contributed by atoms with van der Waals surface area (Å²) in [6, 6.07) is 22.1. The van der Waals surface area contributed by atoms with E-state index in [0.29, 0.717) is 23.0 Å². The van der Waals surface area contributed by atoms with Crippen LogP contribution in [-0.4, -0.2) is 16.0 Å². The second kappa shape index (κ2) is 9.21. The molecule has 0 saturated carbocycles. The first kappa shape index (κ1) is 20.3. The molecule has 0 bridgehead atoms. The van der Waals surface area contributed by atoms with E-state index in [9.17, 15) is 9.18 Å². The predicted molar refractivity (Wildman–Crippen MR) is 113 cm³/mol. The van der Waals surface area contributed by atoms with Gasteiger partial charge in [-0.15, -0.1) is 0 Å². The normalized spacial score (nSPS) is 11.7. The maximum absolute atomic E-state index is 13.1. The van der Waals surface area contributed by atoms with Gasteiger partial charge in [0.2, 0.25) is 5.82 Å². The molecule has 0 fully saturated rings. The number of rotatable bonds is 7. The van der Waals surface area contributed by atoms with E-state index in [2.05, 4.69) is 15.5 Å². The van der Waals surface area contributed by atoms with Crippen molar-refractivity contribution >= 4 is 5.91 Å². The van der Waals surface area contributed by atoms with E-state index in [-0.39, 0.29) is 24.4 Å². The molecule has 0 aliphatic heterocycles. The Bertz CT molecular complexity index is 1160. The monoisotopic (exact) mass is 417 g/mol. The Kier molecular flexibility index (Phi) is 6.03. The van der Waals surface area contributed by atoms with Crippen molar-refractivity contribution in [2.75, 3.05) is 0 Å². The van der Waals surface area contributed by atoms with Crippen LogP contribution >= 0.6 is 0 Å². The number of hydrogen-bond donors (Lipinski definition) is 1. The zero-order valence-electron chi connectivity index (χ0n) is 16.8. The molecule has 1 aromatic heterocycles. The van der Waals surface area contributed by atoms with E-state index >= 15 is 0 Å². The third-order valence-corrected chi connectivity index (χ3v) is 4.70. The van der Waals surface area contributed by atoms with Crippen molar-refractivity contribution in [1.82, 2.24) is 15.5 Å². The molecule has 0 aliphatic carbocycles. The van der Waals surface area contributed by atoms with Crippen LogP contribution < -0.4 is 10.1 Å². The Hall–Kier alpha value is -4.00. The number of hydrogen-bond acceptors (Lipinski definition) is 5. The van der Waals surface area contributed by atoms with Crippen molar-refractivity contribution in [3.8, 4) is 17.1 Å². The largest absolute Gasteiger partial charge is 0.483 e. The Morgan fingerprint density at radius 2 is 1.74 bits per heavy atom. The number of ether oxygens (including phenoxy) is 1. The lowest BCUT2D eigenvalue weighted by molar-refractivity contribution is 0.0934. The summed E-state index contributed by atoms with van der Waals surface area (Å²) in [5.41, 5.74) is 2.01. The molecule has 0 unspecified atom stereocenters. The average Bonchev–Trinajstić information content (AvgIpc) is 3.28. The minimum absolute atomic E-state index is 0.0254. The van der Waals surface area contributed by atoms with Crippen LogP contribution in [0.15, 0.2) is 83.4 Å². The molecule has 1 heterocycles. The smallest absolute Gasteiger partial charge is 0.264 e. The number of nitrogens with zero attached hydrogens (tertiary/aromatic N) is 2. The Balaban J connectivity index is 1.43. The van der Waals surface area contributed by atoms with Crippen LogP contribution in [0.25, 0.3) is 11.4 Å². The molecule has 1 amide bonds. The van der Waals surface area contributed by atoms with Crippen molar-refractivity contribution < 1.29 is 18.4 Å². The summed E-state index contributed by atoms with van der Waals surface area (Å²) in [5.74, 6) is 0.540. The van der Waals surface area contributed by atoms with E-state index in [1.807, 2.05) is 37.3 Å². The van der Waals surface area contributed by atoms with E-state index in [1.54, 1.807) is 36.4 Å². The van der Waals surface area contributed by atoms with Gasteiger partial charge in [0.25, 0.3) is 11.8 Å². The molecule has 1 atom stereocenters. The van der Waals surface area contributed by atoms with Gasteiger partial charge in [-0.3, -0.25) is 4.79 Å². The van der Waals surface area contributed by atoms with E-state index in [4.69, 9.17) is 9.26 Å². The molecule has 0 saturated heterocycles. The molecule has 6 nitrogen and oxygen atoms in total. The van der Waals surface area contributed by atoms with Gasteiger partial charge in [-0.25, -0.2) is 4.39 Å². The fourth-order valence-corrected chi connectivity index (χ4v) is 3.05. The third kappa shape index (κ3) is 4.95. The standard InChI is InChI=1S/C24H20FN3O3/c1-16(17-11-13-19(25)14-12-17)26-24(29)20-9-5-6-10-21(20)30-15-22-27-23(28-31-22)18-7-3-2-4-8-18/h2-14,16H,15H2,1H3,(H,26,29)/t16-/m1/s1. The number of nitrogens with one attached hydrogen (secondary N) is 1. The lowest BCUT2D eigenvalue weighted by atomic mass is 10.1. The summed E-state index contributed by atoms with van der Waals surface area (Å²) < 4.78 is 24.2. The first-order valence-corrected chi connectivity index (χ1v) is 9.76. The maximum atomic E-state index is 13.1. The van der Waals surface area contributed by atoms with Gasteiger partial charge in [0.1, 0.15) is 11.6 Å². The number of amides is 1. The molecule has 1 N–H and O–H groups in total. The topological polar surface area (TPSA) is 77.2 Å². The highest BCUT2D eigenvalue weighted by Gasteiger charge is 2.17. The van der Waals surface area contributed by atoms with Crippen molar-refractivity contribution in [2.45, 2.75) is 19.6 Å². The van der Waals surface area contributed by atoms with Crippen molar-refractivity contribution in [3.63, 3.8) is 0 Å². The Labute approximate surface area is 178 Å². The first-order valence-electron chi connectivity index (χ1n) is 9.76. The fraction of sp³-hybridized carbons (Fsp3) is 0.125. The van der Waals surface area contributed by atoms with Gasteiger partial charge in [0, 0.05) is 5.56 Å². The highest BCUT2D eigenvalue weighted by molar-refractivity contribution is 5.97. The SMILES string of the molecule is C[C@@H](NC(=O)c1ccccc1OCc1nc(-c2ccccc2)no1)c1ccc(F)cc1. The molecular weight excluding hydrogens is 397 g/mol. The highest BCUT2D eigenvalue weighted by atomic mass is 19.1. The van der Waals surface area contributed by atoms with Crippen LogP contribution in [0.3, 0.4) is 0 Å². The van der Waals surface area contributed by atoms with E-state index < -0.39 is 0 Å². The summed E-state index contributed by atoms with van der Waals surface area (Å²) in [6.07, 6.45) is 0. The second-order valence-corrected chi connectivity index (χ2v) is 6.91. The number of para-hydroxylation sites is 1. The van der Waals surface area contributed by atoms with Crippen LogP contribution in [0.4, 0.5) is 4.39 Å². The molecule has 0 aliphatic rings. The number of benzene rings is 3. The van der Waals surface area contributed by atoms with Crippen molar-refractivity contribution in [1.29, 1.82) is 0 Å². The molecule has 4 aromatic rings. The lowest BCUT2D eigenvalue weighted by Gasteiger charge is -2.16. The Morgan fingerprint density at radius 3 is 2.52 bits per heavy atom. The molecule has 4 rings (SSSR count). The van der Waals surface area contributed by atoms with Gasteiger partial charge in [-0.1, -0.05) is 59.8 Å². The van der Waals surface area contributed by atoms with E-state index in [0.717, 1.165) is 11.1 Å². The summed E-state index contributed by atoms with van der Waals surface area (Å²) in [4.78, 5) is 17.1. The summed E-state index contributed by atoms with van der Waals surface area (Å²) in [5, 5.41) is 6.87. The lowest BCUT2D eigenvalue weighted by Crippen LogP contribution is -2.27. The van der Waals surface area contributed by atoms with Gasteiger partial charge in [-0.05, 0) is 36.8 Å². The molecule has 0 radical (unpaired) electrons. The van der Waals surface area contributed by atoms with Gasteiger partial charge < -0.3 is 14.6 Å². The molecule has 31 heavy (non-hydrogen) atoms. The maximum Gasteiger partial charge on any atom is 0.264 e. The third-order valence-electron chi connectivity index (χ3n) is 4.70. The van der Waals surface area contributed by atoms with Gasteiger partial charge >= 0.3 is 0 Å². The van der Waals surface area contributed by atoms with Gasteiger partial charge in [-0.2, -0.15) is 4.98 Å². The summed E-state index contributed by atoms with van der Waals surface area (Å²) >= 11 is 0. The van der Waals surface area contributed by atoms with E-state index in [1.165, 1.54) is 12.1 Å². The van der Waals surface area contributed by atoms with Crippen molar-refractivity contribution in [3.05, 3.63) is 102 Å². The van der Waals surface area contributed by atoms with Crippen LogP contribution in [0.5, 0.6) is 5.75 Å². The number of aromatic nitrogens is 2. The zero-order chi connectivity index (χ0) is 21.6. The van der Waals surface area contributed by atoms with Crippen LogP contribution in [0.1, 0.15) is 34.8 Å². The second-order valence-electron chi connectivity index (χ2n) is 6.91. The Morgan fingerprint density at radius 1 is 1.03 bits per heavy atom. The number of halogens is 1. The van der Waals surface area contributed by atoms with Crippen LogP contribution in [0.2, 0.25) is 0 Å². The predicted octanol–water partition coefficient (Wildman–Crippen LogP) is 4.95. The fourth-order valence-electron chi connectivity index (χ4n) is 3.05. The number of carbonyl (C=O) groups is 1. The zero-order valence-corrected chi connectivity index (χ0v) is 16.8. The molecule has 0 spiro atoms. The number of carbonyl (C=O) groups excluding carboxylic acids is 1. The minimum atomic E-state index is -0.322. The quantitative estimate of drug-likeness (QED) is 0.461. The molecule has 156 valence electrons. The average molecular weight is 417 g/mol. The van der Waals surface area contributed by atoms with Gasteiger partial charge in [0.15, 0.2) is 6.61 Å². The molecule has 7 heteroatoms. The van der Waals surface area contributed by atoms with Gasteiger partial charge in [0.05, 0.1) is 11.6 Å². The van der Waals surface area contributed by atoms with Crippen LogP contribution in [-0.2, 0) is 6.61 Å².